The largest absolute Gasteiger partial charge is 0.481 e. The fraction of sp³-hybridized carbons (Fsp3) is 0.476. The van der Waals surface area contributed by atoms with Crippen LogP contribution in [0.4, 0.5) is 11.5 Å². The van der Waals surface area contributed by atoms with Crippen LogP contribution < -0.4 is 5.32 Å². The summed E-state index contributed by atoms with van der Waals surface area (Å²) in [4.78, 5) is 24.2. The minimum atomic E-state index is -0.675. The Labute approximate surface area is 169 Å². The number of benzene rings is 1. The van der Waals surface area contributed by atoms with Gasteiger partial charge in [-0.3, -0.25) is 9.69 Å². The van der Waals surface area contributed by atoms with Gasteiger partial charge in [0.05, 0.1) is 16.5 Å². The number of carbonyl (C=O) groups is 1. The van der Waals surface area contributed by atoms with Gasteiger partial charge >= 0.3 is 5.97 Å². The molecule has 28 heavy (non-hydrogen) atoms. The van der Waals surface area contributed by atoms with Crippen LogP contribution in [0.1, 0.15) is 38.2 Å². The molecule has 1 aromatic heterocycles. The van der Waals surface area contributed by atoms with Crippen LogP contribution in [0.3, 0.4) is 0 Å². The second-order valence-electron chi connectivity index (χ2n) is 7.83. The number of piperidine rings is 1. The molecule has 3 heterocycles. The highest BCUT2D eigenvalue weighted by molar-refractivity contribution is 7.99. The Kier molecular flexibility index (Phi) is 5.82. The summed E-state index contributed by atoms with van der Waals surface area (Å²) in [5.74, 6) is 0.636. The van der Waals surface area contributed by atoms with Gasteiger partial charge in [-0.15, -0.1) is 0 Å². The smallest absolute Gasteiger partial charge is 0.306 e. The summed E-state index contributed by atoms with van der Waals surface area (Å²) in [5, 5.41) is 12.5. The first-order chi connectivity index (χ1) is 13.6. The molecule has 4 rings (SSSR count). The molecule has 0 saturated carbocycles. The van der Waals surface area contributed by atoms with Crippen molar-refractivity contribution in [2.45, 2.75) is 48.9 Å². The van der Waals surface area contributed by atoms with Crippen molar-refractivity contribution in [3.05, 3.63) is 36.3 Å². The number of hydrogen-bond donors (Lipinski definition) is 2. The predicted octanol–water partition coefficient (Wildman–Crippen LogP) is 4.40. The maximum Gasteiger partial charge on any atom is 0.306 e. The fourth-order valence-electron chi connectivity index (χ4n) is 3.89. The molecule has 6 nitrogen and oxygen atoms in total. The van der Waals surface area contributed by atoms with E-state index in [0.29, 0.717) is 5.92 Å². The average Bonchev–Trinajstić information content (AvgIpc) is 2.71. The molecule has 0 amide bonds. The zero-order valence-corrected chi connectivity index (χ0v) is 16.9. The molecule has 1 saturated heterocycles. The minimum Gasteiger partial charge on any atom is -0.481 e. The van der Waals surface area contributed by atoms with Gasteiger partial charge in [-0.25, -0.2) is 9.97 Å². The normalized spacial score (nSPS) is 18.0. The Morgan fingerprint density at radius 2 is 2.18 bits per heavy atom. The van der Waals surface area contributed by atoms with Crippen LogP contribution in [-0.2, 0) is 11.3 Å². The number of fused-ring (bicyclic) bond motifs is 2. The van der Waals surface area contributed by atoms with E-state index in [0.717, 1.165) is 61.7 Å². The lowest BCUT2D eigenvalue weighted by Crippen LogP contribution is -2.33. The summed E-state index contributed by atoms with van der Waals surface area (Å²) < 4.78 is 0. The number of nitrogens with zero attached hydrogens (tertiary/aromatic N) is 3. The summed E-state index contributed by atoms with van der Waals surface area (Å²) in [7, 11) is 0. The molecule has 7 heteroatoms. The van der Waals surface area contributed by atoms with Crippen molar-refractivity contribution in [3.63, 3.8) is 0 Å². The van der Waals surface area contributed by atoms with Crippen molar-refractivity contribution in [1.82, 2.24) is 14.9 Å². The van der Waals surface area contributed by atoms with Crippen LogP contribution in [0.2, 0.25) is 0 Å². The summed E-state index contributed by atoms with van der Waals surface area (Å²) in [5.41, 5.74) is 2.42. The highest BCUT2D eigenvalue weighted by Gasteiger charge is 2.22. The number of anilines is 2. The zero-order chi connectivity index (χ0) is 19.5. The van der Waals surface area contributed by atoms with Crippen LogP contribution in [0.15, 0.2) is 40.5 Å². The molecule has 1 aromatic carbocycles. The number of aromatic nitrogens is 2. The summed E-state index contributed by atoms with van der Waals surface area (Å²) in [6.45, 7) is 4.93. The Morgan fingerprint density at radius 3 is 2.96 bits per heavy atom. The van der Waals surface area contributed by atoms with E-state index in [4.69, 9.17) is 5.11 Å². The maximum atomic E-state index is 11.0. The third-order valence-corrected chi connectivity index (χ3v) is 6.83. The van der Waals surface area contributed by atoms with E-state index < -0.39 is 5.97 Å². The molecule has 148 valence electrons. The van der Waals surface area contributed by atoms with Gasteiger partial charge in [0, 0.05) is 17.6 Å². The first-order valence-corrected chi connectivity index (χ1v) is 10.7. The molecule has 1 fully saturated rings. The molecular weight excluding hydrogens is 372 g/mol. The van der Waals surface area contributed by atoms with Crippen LogP contribution in [0.25, 0.3) is 0 Å². The van der Waals surface area contributed by atoms with Crippen LogP contribution in [-0.4, -0.2) is 39.0 Å². The Bertz CT molecular complexity index is 852. The highest BCUT2D eigenvalue weighted by atomic mass is 32.2. The number of rotatable bonds is 6. The lowest BCUT2D eigenvalue weighted by atomic mass is 9.89. The maximum absolute atomic E-state index is 11.0. The van der Waals surface area contributed by atoms with Crippen LogP contribution >= 0.6 is 11.8 Å². The number of hydrogen-bond acceptors (Lipinski definition) is 6. The van der Waals surface area contributed by atoms with Crippen LogP contribution in [0, 0.1) is 11.8 Å². The van der Waals surface area contributed by atoms with E-state index in [9.17, 15) is 4.79 Å². The number of carboxylic acid groups (broad SMARTS) is 1. The Balaban J connectivity index is 1.30. The van der Waals surface area contributed by atoms with E-state index >= 15 is 0 Å². The quantitative estimate of drug-likeness (QED) is 0.637. The van der Waals surface area contributed by atoms with E-state index in [1.165, 1.54) is 10.5 Å². The summed E-state index contributed by atoms with van der Waals surface area (Å²) in [6, 6.07) is 6.62. The molecule has 2 N–H and O–H groups in total. The lowest BCUT2D eigenvalue weighted by molar-refractivity contribution is -0.141. The number of aliphatic carboxylic acids is 1. The number of likely N-dealkylation sites (tertiary alicyclic amines) is 1. The monoisotopic (exact) mass is 398 g/mol. The van der Waals surface area contributed by atoms with Crippen molar-refractivity contribution >= 4 is 29.2 Å². The van der Waals surface area contributed by atoms with Gasteiger partial charge in [-0.2, -0.15) is 0 Å². The van der Waals surface area contributed by atoms with E-state index in [-0.39, 0.29) is 5.92 Å². The average molecular weight is 399 g/mol. The third kappa shape index (κ3) is 4.47. The van der Waals surface area contributed by atoms with Gasteiger partial charge in [-0.1, -0.05) is 24.8 Å². The van der Waals surface area contributed by atoms with Crippen molar-refractivity contribution in [2.24, 2.45) is 11.8 Å². The Morgan fingerprint density at radius 1 is 1.36 bits per heavy atom. The van der Waals surface area contributed by atoms with E-state index in [1.54, 1.807) is 18.1 Å². The van der Waals surface area contributed by atoms with Crippen molar-refractivity contribution < 1.29 is 9.90 Å². The third-order valence-electron chi connectivity index (χ3n) is 5.74. The van der Waals surface area contributed by atoms with Crippen molar-refractivity contribution in [2.75, 3.05) is 18.4 Å². The van der Waals surface area contributed by atoms with E-state index in [2.05, 4.69) is 38.4 Å². The SMILES string of the molecule is CC(CCC1CCN(Cc2ccc3c(c2)Nc2ncncc2S3)CC1)C(=O)O. The number of carboxylic acids is 1. The van der Waals surface area contributed by atoms with Gasteiger partial charge in [0.2, 0.25) is 0 Å². The lowest BCUT2D eigenvalue weighted by Gasteiger charge is -2.32. The molecule has 0 bridgehead atoms. The fourth-order valence-corrected chi connectivity index (χ4v) is 4.80. The number of nitrogens with one attached hydrogen (secondary N) is 1. The molecule has 0 radical (unpaired) electrons. The Hall–Kier alpha value is -2.12. The van der Waals surface area contributed by atoms with Crippen molar-refractivity contribution in [3.8, 4) is 0 Å². The van der Waals surface area contributed by atoms with Gasteiger partial charge in [-0.05, 0) is 62.4 Å². The first kappa shape index (κ1) is 19.2. The molecular formula is C21H26N4O2S. The van der Waals surface area contributed by atoms with Crippen molar-refractivity contribution in [1.29, 1.82) is 0 Å². The molecule has 1 unspecified atom stereocenters. The van der Waals surface area contributed by atoms with Gasteiger partial charge < -0.3 is 10.4 Å². The summed E-state index contributed by atoms with van der Waals surface area (Å²) in [6.07, 6.45) is 7.56. The van der Waals surface area contributed by atoms with Gasteiger partial charge in [0.1, 0.15) is 12.1 Å². The molecule has 1 atom stereocenters. The second-order valence-corrected chi connectivity index (χ2v) is 8.91. The van der Waals surface area contributed by atoms with E-state index in [1.807, 2.05) is 13.1 Å². The minimum absolute atomic E-state index is 0.228. The molecule has 0 spiro atoms. The first-order valence-electron chi connectivity index (χ1n) is 9.91. The molecule has 0 aliphatic carbocycles. The second kappa shape index (κ2) is 8.49. The topological polar surface area (TPSA) is 78.3 Å². The molecule has 2 aliphatic rings. The van der Waals surface area contributed by atoms with Gasteiger partial charge in [0.25, 0.3) is 0 Å². The predicted molar refractivity (Wildman–Crippen MR) is 110 cm³/mol. The molecule has 2 aliphatic heterocycles. The van der Waals surface area contributed by atoms with Gasteiger partial charge in [0.15, 0.2) is 0 Å². The van der Waals surface area contributed by atoms with Crippen LogP contribution in [0.5, 0.6) is 0 Å². The zero-order valence-electron chi connectivity index (χ0n) is 16.1. The summed E-state index contributed by atoms with van der Waals surface area (Å²) >= 11 is 1.70. The standard InChI is InChI=1S/C21H26N4O2S/c1-14(21(26)27)2-3-15-6-8-25(9-7-15)12-16-4-5-18-17(10-16)24-20-19(28-18)11-22-13-23-20/h4-5,10-11,13-15H,2-3,6-9,12H2,1H3,(H,26,27)(H,22,23,24). The highest BCUT2D eigenvalue weighted by Crippen LogP contribution is 2.43. The molecule has 2 aromatic rings.